The first-order valence-corrected chi connectivity index (χ1v) is 8.49. The van der Waals surface area contributed by atoms with Gasteiger partial charge in [0.1, 0.15) is 0 Å². The number of thiophene rings is 1. The van der Waals surface area contributed by atoms with Gasteiger partial charge in [-0.05, 0) is 43.4 Å². The molecule has 0 aromatic carbocycles. The molecule has 1 aromatic heterocycles. The molecular formula is C16H28N2S. The molecule has 0 spiro atoms. The largest absolute Gasteiger partial charge is 0.312 e. The zero-order valence-corrected chi connectivity index (χ0v) is 13.4. The Labute approximate surface area is 122 Å². The van der Waals surface area contributed by atoms with Crippen LogP contribution in [0, 0.1) is 11.8 Å². The summed E-state index contributed by atoms with van der Waals surface area (Å²) in [6.45, 7) is 12.8. The van der Waals surface area contributed by atoms with Crippen LogP contribution in [-0.4, -0.2) is 24.5 Å². The molecule has 0 amide bonds. The normalized spacial score (nSPS) is 24.8. The molecule has 1 aliphatic heterocycles. The lowest BCUT2D eigenvalue weighted by molar-refractivity contribution is 0.135. The van der Waals surface area contributed by atoms with Crippen LogP contribution in [-0.2, 0) is 13.1 Å². The minimum atomic E-state index is 0.856. The third-order valence-electron chi connectivity index (χ3n) is 3.77. The highest BCUT2D eigenvalue weighted by molar-refractivity contribution is 7.11. The summed E-state index contributed by atoms with van der Waals surface area (Å²) in [5.74, 6) is 1.71. The van der Waals surface area contributed by atoms with Gasteiger partial charge in [-0.25, -0.2) is 0 Å². The second kappa shape index (κ2) is 7.41. The topological polar surface area (TPSA) is 15.3 Å². The Bertz CT molecular complexity index is 365. The molecule has 0 bridgehead atoms. The summed E-state index contributed by atoms with van der Waals surface area (Å²) in [6, 6.07) is 4.61. The highest BCUT2D eigenvalue weighted by Gasteiger charge is 2.21. The molecular weight excluding hydrogens is 252 g/mol. The van der Waals surface area contributed by atoms with Crippen LogP contribution in [0.1, 0.15) is 43.4 Å². The van der Waals surface area contributed by atoms with Gasteiger partial charge in [-0.15, -0.1) is 11.3 Å². The maximum atomic E-state index is 3.48. The van der Waals surface area contributed by atoms with Crippen LogP contribution in [0.15, 0.2) is 12.1 Å². The Morgan fingerprint density at radius 1 is 1.21 bits per heavy atom. The van der Waals surface area contributed by atoms with Crippen molar-refractivity contribution in [2.24, 2.45) is 11.8 Å². The van der Waals surface area contributed by atoms with Crippen LogP contribution < -0.4 is 5.32 Å². The average Bonchev–Trinajstić information content (AvgIpc) is 2.76. The van der Waals surface area contributed by atoms with Gasteiger partial charge in [-0.3, -0.25) is 4.90 Å². The molecule has 2 atom stereocenters. The van der Waals surface area contributed by atoms with Crippen molar-refractivity contribution < 1.29 is 0 Å². The lowest BCUT2D eigenvalue weighted by Gasteiger charge is -2.34. The SMILES string of the molecule is CCCNCc1ccc(CN2CC(C)CC(C)C2)s1. The van der Waals surface area contributed by atoms with Gasteiger partial charge >= 0.3 is 0 Å². The molecule has 0 saturated carbocycles. The Balaban J connectivity index is 1.82. The molecule has 3 heteroatoms. The van der Waals surface area contributed by atoms with Crippen molar-refractivity contribution in [2.45, 2.75) is 46.7 Å². The molecule has 1 aliphatic rings. The first kappa shape index (κ1) is 15.0. The number of rotatable bonds is 6. The molecule has 0 radical (unpaired) electrons. The standard InChI is InChI=1S/C16H28N2S/c1-4-7-17-9-15-5-6-16(19-15)12-18-10-13(2)8-14(3)11-18/h5-6,13-14,17H,4,7-12H2,1-3H3. The lowest BCUT2D eigenvalue weighted by Crippen LogP contribution is -2.37. The van der Waals surface area contributed by atoms with Crippen molar-refractivity contribution in [3.63, 3.8) is 0 Å². The summed E-state index contributed by atoms with van der Waals surface area (Å²) in [7, 11) is 0. The third-order valence-corrected chi connectivity index (χ3v) is 4.84. The Morgan fingerprint density at radius 2 is 1.89 bits per heavy atom. The summed E-state index contributed by atoms with van der Waals surface area (Å²) in [6.07, 6.45) is 2.61. The van der Waals surface area contributed by atoms with E-state index in [9.17, 15) is 0 Å². The maximum Gasteiger partial charge on any atom is 0.0328 e. The second-order valence-electron chi connectivity index (χ2n) is 6.18. The van der Waals surface area contributed by atoms with E-state index in [0.717, 1.165) is 31.5 Å². The fourth-order valence-electron chi connectivity index (χ4n) is 3.13. The molecule has 0 aliphatic carbocycles. The van der Waals surface area contributed by atoms with Crippen LogP contribution in [0.3, 0.4) is 0 Å². The van der Waals surface area contributed by atoms with E-state index >= 15 is 0 Å². The number of nitrogens with one attached hydrogen (secondary N) is 1. The van der Waals surface area contributed by atoms with Gasteiger partial charge in [-0.2, -0.15) is 0 Å². The molecule has 2 heterocycles. The Hall–Kier alpha value is -0.380. The molecule has 2 nitrogen and oxygen atoms in total. The lowest BCUT2D eigenvalue weighted by atomic mass is 9.92. The summed E-state index contributed by atoms with van der Waals surface area (Å²) in [5, 5.41) is 3.48. The van der Waals surface area contributed by atoms with E-state index in [4.69, 9.17) is 0 Å². The quantitative estimate of drug-likeness (QED) is 0.799. The number of hydrogen-bond donors (Lipinski definition) is 1. The monoisotopic (exact) mass is 280 g/mol. The van der Waals surface area contributed by atoms with E-state index in [0.29, 0.717) is 0 Å². The molecule has 19 heavy (non-hydrogen) atoms. The van der Waals surface area contributed by atoms with Crippen LogP contribution in [0.4, 0.5) is 0 Å². The van der Waals surface area contributed by atoms with Crippen molar-refractivity contribution >= 4 is 11.3 Å². The van der Waals surface area contributed by atoms with Gasteiger partial charge in [0.25, 0.3) is 0 Å². The number of hydrogen-bond acceptors (Lipinski definition) is 3. The van der Waals surface area contributed by atoms with Gasteiger partial charge in [0.15, 0.2) is 0 Å². The number of likely N-dealkylation sites (tertiary alicyclic amines) is 1. The Kier molecular flexibility index (Phi) is 5.86. The molecule has 1 saturated heterocycles. The van der Waals surface area contributed by atoms with E-state index in [1.165, 1.54) is 35.7 Å². The van der Waals surface area contributed by atoms with E-state index in [1.54, 1.807) is 0 Å². The average molecular weight is 280 g/mol. The van der Waals surface area contributed by atoms with Crippen molar-refractivity contribution in [2.75, 3.05) is 19.6 Å². The zero-order valence-electron chi connectivity index (χ0n) is 12.6. The van der Waals surface area contributed by atoms with Crippen molar-refractivity contribution in [3.8, 4) is 0 Å². The molecule has 1 N–H and O–H groups in total. The van der Waals surface area contributed by atoms with E-state index < -0.39 is 0 Å². The van der Waals surface area contributed by atoms with E-state index in [-0.39, 0.29) is 0 Å². The minimum Gasteiger partial charge on any atom is -0.312 e. The van der Waals surface area contributed by atoms with Gasteiger partial charge in [-0.1, -0.05) is 20.8 Å². The van der Waals surface area contributed by atoms with Gasteiger partial charge in [0.2, 0.25) is 0 Å². The molecule has 1 fully saturated rings. The van der Waals surface area contributed by atoms with Crippen molar-refractivity contribution in [1.82, 2.24) is 10.2 Å². The maximum absolute atomic E-state index is 3.48. The fraction of sp³-hybridized carbons (Fsp3) is 0.750. The predicted molar refractivity (Wildman–Crippen MR) is 84.5 cm³/mol. The highest BCUT2D eigenvalue weighted by atomic mass is 32.1. The summed E-state index contributed by atoms with van der Waals surface area (Å²) in [5.41, 5.74) is 0. The van der Waals surface area contributed by atoms with Crippen molar-refractivity contribution in [1.29, 1.82) is 0 Å². The molecule has 1 aromatic rings. The first-order chi connectivity index (χ1) is 9.17. The van der Waals surface area contributed by atoms with Gasteiger partial charge < -0.3 is 5.32 Å². The van der Waals surface area contributed by atoms with Gasteiger partial charge in [0, 0.05) is 35.9 Å². The smallest absolute Gasteiger partial charge is 0.0328 e. The Morgan fingerprint density at radius 3 is 2.58 bits per heavy atom. The van der Waals surface area contributed by atoms with Crippen LogP contribution >= 0.6 is 11.3 Å². The zero-order chi connectivity index (χ0) is 13.7. The second-order valence-corrected chi connectivity index (χ2v) is 7.44. The molecule has 108 valence electrons. The van der Waals surface area contributed by atoms with Crippen molar-refractivity contribution in [3.05, 3.63) is 21.9 Å². The van der Waals surface area contributed by atoms with Crippen LogP contribution in [0.25, 0.3) is 0 Å². The number of nitrogens with zero attached hydrogens (tertiary/aromatic N) is 1. The van der Waals surface area contributed by atoms with E-state index in [1.807, 2.05) is 11.3 Å². The fourth-order valence-corrected chi connectivity index (χ4v) is 4.16. The summed E-state index contributed by atoms with van der Waals surface area (Å²) >= 11 is 1.98. The molecule has 2 unspecified atom stereocenters. The summed E-state index contributed by atoms with van der Waals surface area (Å²) < 4.78 is 0. The predicted octanol–water partition coefficient (Wildman–Crippen LogP) is 3.73. The van der Waals surface area contributed by atoms with Gasteiger partial charge in [0.05, 0.1) is 0 Å². The third kappa shape index (κ3) is 4.90. The first-order valence-electron chi connectivity index (χ1n) is 7.68. The number of piperidine rings is 1. The summed E-state index contributed by atoms with van der Waals surface area (Å²) in [4.78, 5) is 5.63. The molecule has 2 rings (SSSR count). The van der Waals surface area contributed by atoms with Crippen LogP contribution in [0.2, 0.25) is 0 Å². The highest BCUT2D eigenvalue weighted by Crippen LogP contribution is 2.24. The van der Waals surface area contributed by atoms with E-state index in [2.05, 4.69) is 43.1 Å². The minimum absolute atomic E-state index is 0.856. The van der Waals surface area contributed by atoms with Crippen LogP contribution in [0.5, 0.6) is 0 Å².